The van der Waals surface area contributed by atoms with Crippen molar-refractivity contribution in [2.75, 3.05) is 13.7 Å². The lowest BCUT2D eigenvalue weighted by molar-refractivity contribution is -0.479. The zero-order chi connectivity index (χ0) is 18.2. The maximum Gasteiger partial charge on any atom is 0.220 e. The van der Waals surface area contributed by atoms with E-state index in [0.717, 1.165) is 17.3 Å². The van der Waals surface area contributed by atoms with Crippen molar-refractivity contribution in [3.05, 3.63) is 69.8 Å². The molecular formula is C18H19NO5S. The molecule has 0 N–H and O–H groups in total. The quantitative estimate of drug-likeness (QED) is 0.524. The molecule has 0 saturated heterocycles. The monoisotopic (exact) mass is 361 g/mol. The van der Waals surface area contributed by atoms with E-state index in [0.29, 0.717) is 23.7 Å². The van der Waals surface area contributed by atoms with Crippen molar-refractivity contribution < 1.29 is 19.2 Å². The van der Waals surface area contributed by atoms with Crippen LogP contribution in [0.25, 0.3) is 0 Å². The summed E-state index contributed by atoms with van der Waals surface area (Å²) in [5, 5.41) is 10.1. The molecule has 0 aromatic heterocycles. The zero-order valence-corrected chi connectivity index (χ0v) is 14.8. The van der Waals surface area contributed by atoms with Gasteiger partial charge in [0.25, 0.3) is 0 Å². The molecule has 0 radical (unpaired) electrons. The van der Waals surface area contributed by atoms with Crippen LogP contribution < -0.4 is 9.47 Å². The van der Waals surface area contributed by atoms with Crippen LogP contribution in [-0.4, -0.2) is 23.7 Å². The molecule has 0 spiro atoms. The third-order valence-corrected chi connectivity index (χ3v) is 4.46. The van der Waals surface area contributed by atoms with Crippen LogP contribution in [-0.2, 0) is 11.4 Å². The van der Waals surface area contributed by atoms with Crippen molar-refractivity contribution in [1.82, 2.24) is 0 Å². The third kappa shape index (κ3) is 5.79. The normalized spacial score (nSPS) is 11.6. The van der Waals surface area contributed by atoms with E-state index in [4.69, 9.17) is 9.47 Å². The predicted molar refractivity (Wildman–Crippen MR) is 96.6 cm³/mol. The predicted octanol–water partition coefficient (Wildman–Crippen LogP) is 3.87. The molecule has 6 nitrogen and oxygen atoms in total. The summed E-state index contributed by atoms with van der Waals surface area (Å²) >= 11 is 0.939. The first kappa shape index (κ1) is 18.8. The van der Waals surface area contributed by atoms with E-state index in [1.165, 1.54) is 14.0 Å². The Bertz CT molecular complexity index is 720. The number of thioether (sulfide) groups is 1. The average molecular weight is 361 g/mol. The number of benzene rings is 2. The Morgan fingerprint density at radius 1 is 1.20 bits per heavy atom. The highest BCUT2D eigenvalue weighted by Crippen LogP contribution is 2.36. The fourth-order valence-electron chi connectivity index (χ4n) is 2.29. The molecule has 2 aromatic rings. The second-order valence-electron chi connectivity index (χ2n) is 5.30. The Morgan fingerprint density at radius 3 is 2.52 bits per heavy atom. The molecule has 0 aliphatic carbocycles. The van der Waals surface area contributed by atoms with Gasteiger partial charge in [-0.15, -0.1) is 0 Å². The van der Waals surface area contributed by atoms with E-state index in [-0.39, 0.29) is 11.7 Å². The minimum absolute atomic E-state index is 0.171. The molecule has 1 atom stereocenters. The summed E-state index contributed by atoms with van der Waals surface area (Å²) in [6.45, 7) is 1.45. The molecule has 2 aromatic carbocycles. The average Bonchev–Trinajstić information content (AvgIpc) is 2.59. The highest BCUT2D eigenvalue weighted by atomic mass is 32.2. The molecule has 7 heteroatoms. The maximum absolute atomic E-state index is 11.4. The molecule has 0 bridgehead atoms. The molecular weight excluding hydrogens is 342 g/mol. The van der Waals surface area contributed by atoms with Crippen LogP contribution in [0.3, 0.4) is 0 Å². The van der Waals surface area contributed by atoms with Crippen LogP contribution in [0, 0.1) is 10.1 Å². The summed E-state index contributed by atoms with van der Waals surface area (Å²) < 4.78 is 11.1. The number of nitro groups is 1. The van der Waals surface area contributed by atoms with Gasteiger partial charge in [-0.3, -0.25) is 14.9 Å². The molecule has 0 heterocycles. The number of hydrogen-bond acceptors (Lipinski definition) is 6. The second kappa shape index (κ2) is 9.08. The topological polar surface area (TPSA) is 78.7 Å². The number of carbonyl (C=O) groups is 1. The molecule has 0 fully saturated rings. The summed E-state index contributed by atoms with van der Waals surface area (Å²) in [7, 11) is 1.51. The lowest BCUT2D eigenvalue weighted by Gasteiger charge is -2.15. The van der Waals surface area contributed by atoms with E-state index in [2.05, 4.69) is 0 Å². The maximum atomic E-state index is 11.4. The molecule has 0 unspecified atom stereocenters. The first-order valence-electron chi connectivity index (χ1n) is 7.63. The van der Waals surface area contributed by atoms with Crippen LogP contribution in [0.1, 0.15) is 23.3 Å². The number of methoxy groups -OCH3 is 1. The molecule has 132 valence electrons. The van der Waals surface area contributed by atoms with E-state index in [1.54, 1.807) is 18.2 Å². The standard InChI is InChI=1S/C18H19NO5S/c1-13(20)25-18(11-19(21)22)15-8-9-16(17(10-15)23-2)24-12-14-6-4-3-5-7-14/h3-10,18H,11-12H2,1-2H3/t18-/m1/s1. The van der Waals surface area contributed by atoms with Gasteiger partial charge in [0.2, 0.25) is 6.54 Å². The first-order valence-corrected chi connectivity index (χ1v) is 8.51. The Labute approximate surface area is 150 Å². The highest BCUT2D eigenvalue weighted by Gasteiger charge is 2.22. The van der Waals surface area contributed by atoms with Crippen LogP contribution in [0.15, 0.2) is 48.5 Å². The molecule has 0 aliphatic heterocycles. The van der Waals surface area contributed by atoms with E-state index in [1.807, 2.05) is 30.3 Å². The minimum atomic E-state index is -0.565. The molecule has 2 rings (SSSR count). The highest BCUT2D eigenvalue weighted by molar-refractivity contribution is 8.13. The van der Waals surface area contributed by atoms with Gasteiger partial charge in [0, 0.05) is 11.8 Å². The Hall–Kier alpha value is -2.54. The summed E-state index contributed by atoms with van der Waals surface area (Å²) in [5.74, 6) is 1.02. The summed E-state index contributed by atoms with van der Waals surface area (Å²) in [6.07, 6.45) is 0. The number of nitrogens with zero attached hydrogens (tertiary/aromatic N) is 1. The number of carbonyl (C=O) groups excluding carboxylic acids is 1. The van der Waals surface area contributed by atoms with Gasteiger partial charge in [0.15, 0.2) is 16.6 Å². The second-order valence-corrected chi connectivity index (χ2v) is 6.68. The third-order valence-electron chi connectivity index (χ3n) is 3.42. The lowest BCUT2D eigenvalue weighted by atomic mass is 10.1. The smallest absolute Gasteiger partial charge is 0.220 e. The van der Waals surface area contributed by atoms with E-state index in [9.17, 15) is 14.9 Å². The van der Waals surface area contributed by atoms with Gasteiger partial charge in [-0.05, 0) is 23.3 Å². The number of hydrogen-bond donors (Lipinski definition) is 0. The first-order chi connectivity index (χ1) is 12.0. The van der Waals surface area contributed by atoms with Crippen molar-refractivity contribution in [2.45, 2.75) is 18.8 Å². The SMILES string of the molecule is COc1cc([C@@H](C[N+](=O)[O-])SC(C)=O)ccc1OCc1ccccc1. The van der Waals surface area contributed by atoms with Gasteiger partial charge in [-0.25, -0.2) is 0 Å². The molecule has 0 amide bonds. The van der Waals surface area contributed by atoms with Gasteiger partial charge in [-0.2, -0.15) is 0 Å². The Morgan fingerprint density at radius 2 is 1.92 bits per heavy atom. The molecule has 25 heavy (non-hydrogen) atoms. The fourth-order valence-corrected chi connectivity index (χ4v) is 3.17. The van der Waals surface area contributed by atoms with Gasteiger partial charge in [0.05, 0.1) is 7.11 Å². The largest absolute Gasteiger partial charge is 0.493 e. The Kier molecular flexibility index (Phi) is 6.82. The van der Waals surface area contributed by atoms with Crippen LogP contribution in [0.4, 0.5) is 0 Å². The summed E-state index contributed by atoms with van der Waals surface area (Å²) in [4.78, 5) is 21.8. The summed E-state index contributed by atoms with van der Waals surface area (Å²) in [5.41, 5.74) is 1.67. The van der Waals surface area contributed by atoms with Crippen LogP contribution >= 0.6 is 11.8 Å². The minimum Gasteiger partial charge on any atom is -0.493 e. The number of ether oxygens (including phenoxy) is 2. The Balaban J connectivity index is 2.18. The van der Waals surface area contributed by atoms with Crippen molar-refractivity contribution in [3.8, 4) is 11.5 Å². The van der Waals surface area contributed by atoms with Crippen molar-refractivity contribution in [2.24, 2.45) is 0 Å². The zero-order valence-electron chi connectivity index (χ0n) is 14.0. The van der Waals surface area contributed by atoms with E-state index >= 15 is 0 Å². The van der Waals surface area contributed by atoms with Gasteiger partial charge < -0.3 is 9.47 Å². The van der Waals surface area contributed by atoms with Crippen molar-refractivity contribution >= 4 is 16.9 Å². The molecule has 0 aliphatic rings. The van der Waals surface area contributed by atoms with Gasteiger partial charge >= 0.3 is 0 Å². The molecule has 0 saturated carbocycles. The van der Waals surface area contributed by atoms with E-state index < -0.39 is 10.2 Å². The summed E-state index contributed by atoms with van der Waals surface area (Å²) in [6, 6.07) is 14.8. The van der Waals surface area contributed by atoms with Crippen molar-refractivity contribution in [1.29, 1.82) is 0 Å². The van der Waals surface area contributed by atoms with Gasteiger partial charge in [0.1, 0.15) is 11.9 Å². The van der Waals surface area contributed by atoms with Crippen LogP contribution in [0.5, 0.6) is 11.5 Å². The number of rotatable bonds is 8. The van der Waals surface area contributed by atoms with Crippen molar-refractivity contribution in [3.63, 3.8) is 0 Å². The fraction of sp³-hybridized carbons (Fsp3) is 0.278. The van der Waals surface area contributed by atoms with Gasteiger partial charge in [-0.1, -0.05) is 48.2 Å². The lowest BCUT2D eigenvalue weighted by Crippen LogP contribution is -2.11. The van der Waals surface area contributed by atoms with Crippen LogP contribution in [0.2, 0.25) is 0 Å².